The Hall–Kier alpha value is -1.09. The van der Waals surface area contributed by atoms with Crippen LogP contribution < -0.4 is 4.90 Å². The number of hydrogen-bond donors (Lipinski definition) is 1. The molecule has 1 aliphatic rings. The van der Waals surface area contributed by atoms with Crippen molar-refractivity contribution < 1.29 is 5.11 Å². The van der Waals surface area contributed by atoms with Crippen LogP contribution in [0.5, 0.6) is 0 Å². The number of aliphatic hydroxyl groups excluding tert-OH is 1. The molecule has 0 aromatic carbocycles. The molecule has 0 bridgehead atoms. The molecule has 1 aromatic heterocycles. The molecule has 0 aliphatic carbocycles. The van der Waals surface area contributed by atoms with Gasteiger partial charge in [0.1, 0.15) is 0 Å². The lowest BCUT2D eigenvalue weighted by Crippen LogP contribution is -2.36. The van der Waals surface area contributed by atoms with Gasteiger partial charge in [-0.05, 0) is 43.7 Å². The first kappa shape index (κ1) is 11.4. The van der Waals surface area contributed by atoms with Crippen LogP contribution in [-0.2, 0) is 0 Å². The van der Waals surface area contributed by atoms with E-state index in [4.69, 9.17) is 5.11 Å². The first-order chi connectivity index (χ1) is 7.81. The van der Waals surface area contributed by atoms with E-state index in [2.05, 4.69) is 22.9 Å². The fourth-order valence-corrected chi connectivity index (χ4v) is 2.52. The smallest absolute Gasteiger partial charge is 0.0434 e. The van der Waals surface area contributed by atoms with Crippen LogP contribution >= 0.6 is 0 Å². The fraction of sp³-hybridized carbons (Fsp3) is 0.615. The molecular formula is C13H20N2O. The highest BCUT2D eigenvalue weighted by molar-refractivity contribution is 5.51. The van der Waals surface area contributed by atoms with Crippen molar-refractivity contribution in [1.29, 1.82) is 0 Å². The number of nitrogens with zero attached hydrogens (tertiary/aromatic N) is 2. The van der Waals surface area contributed by atoms with Crippen LogP contribution in [-0.4, -0.2) is 29.8 Å². The maximum absolute atomic E-state index is 9.00. The monoisotopic (exact) mass is 220 g/mol. The Kier molecular flexibility index (Phi) is 3.78. The van der Waals surface area contributed by atoms with Gasteiger partial charge in [-0.15, -0.1) is 0 Å². The maximum Gasteiger partial charge on any atom is 0.0434 e. The average Bonchev–Trinajstić information content (AvgIpc) is 2.30. The summed E-state index contributed by atoms with van der Waals surface area (Å²) in [5, 5.41) is 9.00. The van der Waals surface area contributed by atoms with Crippen molar-refractivity contribution in [3.63, 3.8) is 0 Å². The van der Waals surface area contributed by atoms with Gasteiger partial charge in [0, 0.05) is 37.8 Å². The minimum Gasteiger partial charge on any atom is -0.396 e. The fourth-order valence-electron chi connectivity index (χ4n) is 2.52. The molecule has 3 heteroatoms. The third-order valence-electron chi connectivity index (χ3n) is 3.39. The second-order valence-corrected chi connectivity index (χ2v) is 4.63. The number of pyridine rings is 1. The average molecular weight is 220 g/mol. The summed E-state index contributed by atoms with van der Waals surface area (Å²) < 4.78 is 0. The molecule has 1 N–H and O–H groups in total. The summed E-state index contributed by atoms with van der Waals surface area (Å²) >= 11 is 0. The molecule has 1 aliphatic heterocycles. The molecule has 3 nitrogen and oxygen atoms in total. The highest BCUT2D eigenvalue weighted by Crippen LogP contribution is 2.26. The van der Waals surface area contributed by atoms with E-state index in [0.29, 0.717) is 12.5 Å². The zero-order chi connectivity index (χ0) is 11.4. The molecule has 1 saturated heterocycles. The highest BCUT2D eigenvalue weighted by Gasteiger charge is 2.20. The topological polar surface area (TPSA) is 36.4 Å². The summed E-state index contributed by atoms with van der Waals surface area (Å²) in [6.07, 6.45) is 7.19. The van der Waals surface area contributed by atoms with Crippen molar-refractivity contribution >= 4 is 5.69 Å². The standard InChI is InChI=1S/C13H20N2O/c1-11-9-14-6-4-13(11)15-7-2-3-12(10-15)5-8-16/h4,6,9,12,16H,2-3,5,7-8,10H2,1H3. The SMILES string of the molecule is Cc1cnccc1N1CCCC(CCO)C1. The number of piperidine rings is 1. The number of hydrogen-bond acceptors (Lipinski definition) is 3. The summed E-state index contributed by atoms with van der Waals surface area (Å²) in [5.41, 5.74) is 2.55. The lowest BCUT2D eigenvalue weighted by molar-refractivity contribution is 0.244. The van der Waals surface area contributed by atoms with Gasteiger partial charge in [-0.25, -0.2) is 0 Å². The largest absolute Gasteiger partial charge is 0.396 e. The van der Waals surface area contributed by atoms with Crippen molar-refractivity contribution in [3.05, 3.63) is 24.0 Å². The van der Waals surface area contributed by atoms with E-state index in [1.165, 1.54) is 24.1 Å². The van der Waals surface area contributed by atoms with Gasteiger partial charge in [0.05, 0.1) is 0 Å². The van der Waals surface area contributed by atoms with E-state index in [-0.39, 0.29) is 0 Å². The van der Waals surface area contributed by atoms with Gasteiger partial charge in [-0.2, -0.15) is 0 Å². The van der Waals surface area contributed by atoms with Crippen molar-refractivity contribution in [2.75, 3.05) is 24.6 Å². The quantitative estimate of drug-likeness (QED) is 0.846. The minimum atomic E-state index is 0.313. The molecule has 88 valence electrons. The van der Waals surface area contributed by atoms with Gasteiger partial charge in [-0.3, -0.25) is 4.98 Å². The first-order valence-electron chi connectivity index (χ1n) is 6.07. The number of rotatable bonds is 3. The molecule has 16 heavy (non-hydrogen) atoms. The molecule has 1 unspecified atom stereocenters. The summed E-state index contributed by atoms with van der Waals surface area (Å²) in [7, 11) is 0. The Balaban J connectivity index is 2.07. The second-order valence-electron chi connectivity index (χ2n) is 4.63. The van der Waals surface area contributed by atoms with E-state index in [9.17, 15) is 0 Å². The zero-order valence-electron chi connectivity index (χ0n) is 9.89. The van der Waals surface area contributed by atoms with Crippen molar-refractivity contribution in [2.24, 2.45) is 5.92 Å². The molecule has 1 atom stereocenters. The predicted octanol–water partition coefficient (Wildman–Crippen LogP) is 1.99. The number of aromatic nitrogens is 1. The number of anilines is 1. The van der Waals surface area contributed by atoms with Crippen LogP contribution in [0, 0.1) is 12.8 Å². The highest BCUT2D eigenvalue weighted by atomic mass is 16.3. The summed E-state index contributed by atoms with van der Waals surface area (Å²) in [6.45, 7) is 4.63. The normalized spacial score (nSPS) is 21.1. The molecule has 0 amide bonds. The first-order valence-corrected chi connectivity index (χ1v) is 6.07. The van der Waals surface area contributed by atoms with E-state index < -0.39 is 0 Å². The van der Waals surface area contributed by atoms with E-state index in [1.807, 2.05) is 12.4 Å². The van der Waals surface area contributed by atoms with Gasteiger partial charge in [-0.1, -0.05) is 0 Å². The summed E-state index contributed by atoms with van der Waals surface area (Å²) in [4.78, 5) is 6.56. The minimum absolute atomic E-state index is 0.313. The van der Waals surface area contributed by atoms with Crippen LogP contribution in [0.4, 0.5) is 5.69 Å². The molecule has 2 rings (SSSR count). The Morgan fingerprint density at radius 1 is 1.56 bits per heavy atom. The van der Waals surface area contributed by atoms with Gasteiger partial charge in [0.25, 0.3) is 0 Å². The molecule has 1 fully saturated rings. The van der Waals surface area contributed by atoms with Gasteiger partial charge >= 0.3 is 0 Å². The maximum atomic E-state index is 9.00. The molecule has 0 radical (unpaired) electrons. The van der Waals surface area contributed by atoms with Crippen molar-refractivity contribution in [3.8, 4) is 0 Å². The predicted molar refractivity (Wildman–Crippen MR) is 65.6 cm³/mol. The van der Waals surface area contributed by atoms with E-state index in [1.54, 1.807) is 0 Å². The van der Waals surface area contributed by atoms with Crippen LogP contribution in [0.25, 0.3) is 0 Å². The second kappa shape index (κ2) is 5.30. The molecular weight excluding hydrogens is 200 g/mol. The number of aryl methyl sites for hydroxylation is 1. The van der Waals surface area contributed by atoms with Crippen LogP contribution in [0.15, 0.2) is 18.5 Å². The zero-order valence-corrected chi connectivity index (χ0v) is 9.89. The molecule has 0 spiro atoms. The van der Waals surface area contributed by atoms with Crippen LogP contribution in [0.1, 0.15) is 24.8 Å². The number of aliphatic hydroxyl groups is 1. The summed E-state index contributed by atoms with van der Waals surface area (Å²) in [5.74, 6) is 0.645. The van der Waals surface area contributed by atoms with E-state index in [0.717, 1.165) is 19.5 Å². The van der Waals surface area contributed by atoms with Crippen LogP contribution in [0.3, 0.4) is 0 Å². The van der Waals surface area contributed by atoms with Gasteiger partial charge in [0.15, 0.2) is 0 Å². The van der Waals surface area contributed by atoms with Gasteiger partial charge < -0.3 is 10.0 Å². The Morgan fingerprint density at radius 2 is 2.44 bits per heavy atom. The van der Waals surface area contributed by atoms with Crippen LogP contribution in [0.2, 0.25) is 0 Å². The molecule has 1 aromatic rings. The third kappa shape index (κ3) is 2.53. The summed E-state index contributed by atoms with van der Waals surface area (Å²) in [6, 6.07) is 2.09. The molecule has 2 heterocycles. The van der Waals surface area contributed by atoms with Gasteiger partial charge in [0.2, 0.25) is 0 Å². The lowest BCUT2D eigenvalue weighted by Gasteiger charge is -2.35. The van der Waals surface area contributed by atoms with Crippen molar-refractivity contribution in [1.82, 2.24) is 4.98 Å². The third-order valence-corrected chi connectivity index (χ3v) is 3.39. The van der Waals surface area contributed by atoms with Crippen molar-refractivity contribution in [2.45, 2.75) is 26.2 Å². The molecule has 0 saturated carbocycles. The van der Waals surface area contributed by atoms with E-state index >= 15 is 0 Å². The Morgan fingerprint density at radius 3 is 3.19 bits per heavy atom. The lowest BCUT2D eigenvalue weighted by atomic mass is 9.94. The Bertz CT molecular complexity index is 338. The Labute approximate surface area is 97.1 Å².